The molecule has 0 aliphatic heterocycles. The third-order valence-corrected chi connectivity index (χ3v) is 2.30. The van der Waals surface area contributed by atoms with Crippen molar-refractivity contribution < 1.29 is 9.53 Å². The van der Waals surface area contributed by atoms with Gasteiger partial charge in [-0.15, -0.1) is 0 Å². The molecule has 0 bridgehead atoms. The number of methoxy groups -OCH3 is 1. The largest absolute Gasteiger partial charge is 0.383 e. The van der Waals surface area contributed by atoms with Crippen LogP contribution in [0, 0.1) is 0 Å². The molecule has 0 aliphatic rings. The monoisotopic (exact) mass is 241 g/mol. The third-order valence-electron chi connectivity index (χ3n) is 2.30. The molecule has 96 valence electrons. The lowest BCUT2D eigenvalue weighted by molar-refractivity contribution is 0.0942. The molecule has 1 amide bonds. The fourth-order valence-corrected chi connectivity index (χ4v) is 1.27. The Hall–Kier alpha value is -1.60. The van der Waals surface area contributed by atoms with Crippen molar-refractivity contribution in [3.63, 3.8) is 0 Å². The van der Waals surface area contributed by atoms with Crippen molar-refractivity contribution in [2.45, 2.75) is 0 Å². The fourth-order valence-electron chi connectivity index (χ4n) is 1.27. The number of hydrogen-bond acceptors (Lipinski definition) is 5. The summed E-state index contributed by atoms with van der Waals surface area (Å²) in [4.78, 5) is 13.6. The van der Waals surface area contributed by atoms with Gasteiger partial charge in [0, 0.05) is 32.8 Å². The van der Waals surface area contributed by atoms with Crippen LogP contribution in [-0.4, -0.2) is 61.4 Å². The summed E-state index contributed by atoms with van der Waals surface area (Å²) in [5.41, 5.74) is 5.78. The van der Waals surface area contributed by atoms with Gasteiger partial charge >= 0.3 is 0 Å². The maximum atomic E-state index is 11.6. The molecule has 17 heavy (non-hydrogen) atoms. The maximum Gasteiger partial charge on any atom is 0.269 e. The molecule has 0 saturated carbocycles. The van der Waals surface area contributed by atoms with Gasteiger partial charge in [0.2, 0.25) is 0 Å². The number of aromatic amines is 1. The molecule has 0 saturated heterocycles. The number of H-pyrrole nitrogens is 1. The van der Waals surface area contributed by atoms with Gasteiger partial charge in [0.25, 0.3) is 5.91 Å². The quantitative estimate of drug-likeness (QED) is 0.586. The first-order valence-electron chi connectivity index (χ1n) is 5.40. The van der Waals surface area contributed by atoms with E-state index in [0.29, 0.717) is 24.7 Å². The zero-order valence-corrected chi connectivity index (χ0v) is 10.2. The number of nitrogens with zero attached hydrogens (tertiary/aromatic N) is 2. The summed E-state index contributed by atoms with van der Waals surface area (Å²) in [6.07, 6.45) is 0. The normalized spacial score (nSPS) is 10.8. The van der Waals surface area contributed by atoms with Crippen LogP contribution in [-0.2, 0) is 4.74 Å². The lowest BCUT2D eigenvalue weighted by atomic mass is 10.4. The van der Waals surface area contributed by atoms with E-state index in [2.05, 4.69) is 20.4 Å². The molecule has 1 rings (SSSR count). The van der Waals surface area contributed by atoms with Crippen LogP contribution in [0.4, 0.5) is 5.82 Å². The van der Waals surface area contributed by atoms with E-state index in [1.807, 2.05) is 7.05 Å². The summed E-state index contributed by atoms with van der Waals surface area (Å²) in [5.74, 6) is 0.113. The fraction of sp³-hybridized carbons (Fsp3) is 0.600. The number of rotatable bonds is 7. The Bertz CT molecular complexity index is 352. The third kappa shape index (κ3) is 4.83. The number of ether oxygens (including phenoxy) is 1. The van der Waals surface area contributed by atoms with Crippen LogP contribution in [0.2, 0.25) is 0 Å². The van der Waals surface area contributed by atoms with Crippen LogP contribution in [0.1, 0.15) is 10.5 Å². The minimum absolute atomic E-state index is 0.200. The molecule has 0 unspecified atom stereocenters. The van der Waals surface area contributed by atoms with E-state index >= 15 is 0 Å². The SMILES string of the molecule is COCCN(C)CCNC(=O)c1cc(N)n[nH]1. The zero-order chi connectivity index (χ0) is 12.7. The Balaban J connectivity index is 2.20. The topological polar surface area (TPSA) is 96.3 Å². The number of carbonyl (C=O) groups is 1. The number of likely N-dealkylation sites (N-methyl/N-ethyl adjacent to an activating group) is 1. The van der Waals surface area contributed by atoms with Gasteiger partial charge < -0.3 is 20.7 Å². The molecule has 0 spiro atoms. The summed E-state index contributed by atoms with van der Waals surface area (Å²) >= 11 is 0. The molecule has 4 N–H and O–H groups in total. The second-order valence-electron chi connectivity index (χ2n) is 3.76. The Morgan fingerprint density at radius 3 is 3.00 bits per heavy atom. The van der Waals surface area contributed by atoms with Gasteiger partial charge in [-0.2, -0.15) is 5.10 Å². The molecule has 7 heteroatoms. The van der Waals surface area contributed by atoms with E-state index in [9.17, 15) is 4.79 Å². The van der Waals surface area contributed by atoms with E-state index in [1.165, 1.54) is 6.07 Å². The molecule has 1 heterocycles. The Kier molecular flexibility index (Phi) is 5.44. The molecule has 0 aliphatic carbocycles. The summed E-state index contributed by atoms with van der Waals surface area (Å²) in [6.45, 7) is 2.85. The summed E-state index contributed by atoms with van der Waals surface area (Å²) < 4.78 is 4.96. The highest BCUT2D eigenvalue weighted by atomic mass is 16.5. The van der Waals surface area contributed by atoms with Gasteiger partial charge in [-0.05, 0) is 7.05 Å². The molecule has 0 aromatic carbocycles. The van der Waals surface area contributed by atoms with E-state index in [4.69, 9.17) is 10.5 Å². The highest BCUT2D eigenvalue weighted by Crippen LogP contribution is 1.99. The van der Waals surface area contributed by atoms with Gasteiger partial charge in [-0.1, -0.05) is 0 Å². The molecule has 7 nitrogen and oxygen atoms in total. The molecule has 0 radical (unpaired) electrons. The minimum atomic E-state index is -0.200. The zero-order valence-electron chi connectivity index (χ0n) is 10.2. The predicted octanol–water partition coefficient (Wildman–Crippen LogP) is -0.700. The van der Waals surface area contributed by atoms with Crippen LogP contribution < -0.4 is 11.1 Å². The Morgan fingerprint density at radius 2 is 2.41 bits per heavy atom. The number of nitrogens with two attached hydrogens (primary N) is 1. The number of nitrogen functional groups attached to an aromatic ring is 1. The molecule has 0 atom stereocenters. The Labute approximate surface area is 100 Å². The molecular weight excluding hydrogens is 222 g/mol. The van der Waals surface area contributed by atoms with Gasteiger partial charge in [0.15, 0.2) is 0 Å². The van der Waals surface area contributed by atoms with Crippen LogP contribution in [0.5, 0.6) is 0 Å². The first-order valence-corrected chi connectivity index (χ1v) is 5.40. The standard InChI is InChI=1S/C10H19N5O2/c1-15(5-6-17-2)4-3-12-10(16)8-7-9(11)14-13-8/h7H,3-6H2,1-2H3,(H,12,16)(H3,11,13,14). The lowest BCUT2D eigenvalue weighted by Gasteiger charge is -2.15. The van der Waals surface area contributed by atoms with Crippen LogP contribution in [0.15, 0.2) is 6.07 Å². The van der Waals surface area contributed by atoms with Crippen molar-refractivity contribution in [1.29, 1.82) is 0 Å². The van der Waals surface area contributed by atoms with Gasteiger partial charge in [0.05, 0.1) is 6.61 Å². The minimum Gasteiger partial charge on any atom is -0.383 e. The van der Waals surface area contributed by atoms with Crippen molar-refractivity contribution in [2.24, 2.45) is 0 Å². The molecule has 1 aromatic heterocycles. The summed E-state index contributed by atoms with van der Waals surface area (Å²) in [5, 5.41) is 9.01. The predicted molar refractivity (Wildman–Crippen MR) is 64.7 cm³/mol. The van der Waals surface area contributed by atoms with Crippen molar-refractivity contribution in [2.75, 3.05) is 46.1 Å². The lowest BCUT2D eigenvalue weighted by Crippen LogP contribution is -2.34. The smallest absolute Gasteiger partial charge is 0.269 e. The van der Waals surface area contributed by atoms with Crippen molar-refractivity contribution >= 4 is 11.7 Å². The number of anilines is 1. The second-order valence-corrected chi connectivity index (χ2v) is 3.76. The average molecular weight is 241 g/mol. The second kappa shape index (κ2) is 6.87. The summed E-state index contributed by atoms with van der Waals surface area (Å²) in [7, 11) is 3.64. The van der Waals surface area contributed by atoms with Crippen molar-refractivity contribution in [1.82, 2.24) is 20.4 Å². The first kappa shape index (κ1) is 13.5. The maximum absolute atomic E-state index is 11.6. The van der Waals surface area contributed by atoms with E-state index in [-0.39, 0.29) is 5.91 Å². The first-order chi connectivity index (χ1) is 8.13. The molecule has 0 fully saturated rings. The highest BCUT2D eigenvalue weighted by molar-refractivity contribution is 5.92. The molecule has 1 aromatic rings. The van der Waals surface area contributed by atoms with E-state index < -0.39 is 0 Å². The van der Waals surface area contributed by atoms with E-state index in [0.717, 1.165) is 13.1 Å². The number of hydrogen-bond donors (Lipinski definition) is 3. The number of nitrogens with one attached hydrogen (secondary N) is 2. The van der Waals surface area contributed by atoms with Gasteiger partial charge in [-0.3, -0.25) is 9.89 Å². The van der Waals surface area contributed by atoms with Crippen LogP contribution >= 0.6 is 0 Å². The average Bonchev–Trinajstić information content (AvgIpc) is 2.73. The number of aromatic nitrogens is 2. The Morgan fingerprint density at radius 1 is 1.65 bits per heavy atom. The number of amides is 1. The van der Waals surface area contributed by atoms with Crippen molar-refractivity contribution in [3.05, 3.63) is 11.8 Å². The van der Waals surface area contributed by atoms with Crippen LogP contribution in [0.3, 0.4) is 0 Å². The number of carbonyl (C=O) groups excluding carboxylic acids is 1. The van der Waals surface area contributed by atoms with Gasteiger partial charge in [-0.25, -0.2) is 0 Å². The van der Waals surface area contributed by atoms with Gasteiger partial charge in [0.1, 0.15) is 11.5 Å². The summed E-state index contributed by atoms with van der Waals surface area (Å²) in [6, 6.07) is 1.50. The van der Waals surface area contributed by atoms with Crippen molar-refractivity contribution in [3.8, 4) is 0 Å². The van der Waals surface area contributed by atoms with E-state index in [1.54, 1.807) is 7.11 Å². The molecular formula is C10H19N5O2. The van der Waals surface area contributed by atoms with Crippen LogP contribution in [0.25, 0.3) is 0 Å². The highest BCUT2D eigenvalue weighted by Gasteiger charge is 2.07.